The number of nitrogens with zero attached hydrogens (tertiary/aromatic N) is 1. The highest BCUT2D eigenvalue weighted by atomic mass is 32.2. The molecule has 7 nitrogen and oxygen atoms in total. The summed E-state index contributed by atoms with van der Waals surface area (Å²) in [4.78, 5) is 13.2. The number of hydrogen-bond donors (Lipinski definition) is 1. The van der Waals surface area contributed by atoms with Gasteiger partial charge < -0.3 is 14.8 Å². The van der Waals surface area contributed by atoms with Crippen molar-refractivity contribution in [3.05, 3.63) is 89.2 Å². The van der Waals surface area contributed by atoms with Crippen LogP contribution < -0.4 is 19.1 Å². The van der Waals surface area contributed by atoms with Gasteiger partial charge in [-0.1, -0.05) is 48.5 Å². The number of nitrogens with one attached hydrogen (secondary N) is 1. The molecule has 1 N–H and O–H groups in total. The van der Waals surface area contributed by atoms with Gasteiger partial charge in [-0.05, 0) is 24.1 Å². The molecule has 3 aromatic rings. The predicted octanol–water partition coefficient (Wildman–Crippen LogP) is 3.78. The summed E-state index contributed by atoms with van der Waals surface area (Å²) in [5.41, 5.74) is 1.33. The first-order chi connectivity index (χ1) is 16.2. The lowest BCUT2D eigenvalue weighted by atomic mass is 10.1. The van der Waals surface area contributed by atoms with E-state index in [-0.39, 0.29) is 34.9 Å². The van der Waals surface area contributed by atoms with Crippen LogP contribution in [0.15, 0.2) is 66.7 Å². The van der Waals surface area contributed by atoms with Gasteiger partial charge in [-0.15, -0.1) is 0 Å². The highest BCUT2D eigenvalue weighted by Gasteiger charge is 2.27. The fourth-order valence-electron chi connectivity index (χ4n) is 3.48. The minimum absolute atomic E-state index is 0.0561. The van der Waals surface area contributed by atoms with Crippen LogP contribution in [0.3, 0.4) is 0 Å². The summed E-state index contributed by atoms with van der Waals surface area (Å²) in [6.45, 7) is 0.0358. The predicted molar refractivity (Wildman–Crippen MR) is 129 cm³/mol. The molecule has 9 heteroatoms. The van der Waals surface area contributed by atoms with E-state index in [0.717, 1.165) is 16.1 Å². The summed E-state index contributed by atoms with van der Waals surface area (Å²) >= 11 is 0. The number of amides is 1. The van der Waals surface area contributed by atoms with Crippen molar-refractivity contribution in [3.8, 4) is 11.5 Å². The molecule has 0 spiro atoms. The maximum atomic E-state index is 14.4. The van der Waals surface area contributed by atoms with Gasteiger partial charge in [0.15, 0.2) is 11.5 Å². The van der Waals surface area contributed by atoms with Gasteiger partial charge in [0, 0.05) is 18.2 Å². The number of hydrogen-bond acceptors (Lipinski definition) is 5. The molecule has 0 saturated heterocycles. The zero-order valence-electron chi connectivity index (χ0n) is 19.2. The average molecular weight is 487 g/mol. The van der Waals surface area contributed by atoms with Gasteiger partial charge in [-0.2, -0.15) is 0 Å². The minimum Gasteiger partial charge on any atom is -0.493 e. The number of rotatable bonds is 10. The number of carbonyl (C=O) groups is 1. The highest BCUT2D eigenvalue weighted by Crippen LogP contribution is 2.37. The standard InChI is InChI=1S/C25H27FN2O5S/c1-32-23-15-20(25(29)27-14-13-18-9-5-4-6-10-18)22(16-24(23)33-2)28(34(3,30)31)17-19-11-7-8-12-21(19)26/h4-12,15-16H,13-14,17H2,1-3H3,(H,27,29). The van der Waals surface area contributed by atoms with Gasteiger partial charge in [-0.25, -0.2) is 12.8 Å². The molecule has 3 aromatic carbocycles. The molecule has 0 aliphatic heterocycles. The molecule has 180 valence electrons. The van der Waals surface area contributed by atoms with Crippen molar-refractivity contribution >= 4 is 21.6 Å². The lowest BCUT2D eigenvalue weighted by molar-refractivity contribution is 0.0954. The Morgan fingerprint density at radius 2 is 1.59 bits per heavy atom. The van der Waals surface area contributed by atoms with Crippen molar-refractivity contribution in [2.45, 2.75) is 13.0 Å². The number of carbonyl (C=O) groups excluding carboxylic acids is 1. The Kier molecular flexibility index (Phi) is 8.12. The zero-order valence-corrected chi connectivity index (χ0v) is 20.1. The van der Waals surface area contributed by atoms with E-state index in [1.54, 1.807) is 6.07 Å². The van der Waals surface area contributed by atoms with Crippen LogP contribution in [0.25, 0.3) is 0 Å². The first-order valence-electron chi connectivity index (χ1n) is 10.5. The first-order valence-corrected chi connectivity index (χ1v) is 12.4. The molecular weight excluding hydrogens is 459 g/mol. The minimum atomic E-state index is -3.91. The SMILES string of the molecule is COc1cc(C(=O)NCCc2ccccc2)c(N(Cc2ccccc2F)S(C)(=O)=O)cc1OC. The molecule has 0 aliphatic rings. The maximum Gasteiger partial charge on any atom is 0.253 e. The first kappa shape index (κ1) is 25.0. The summed E-state index contributed by atoms with van der Waals surface area (Å²) in [5, 5.41) is 2.83. The van der Waals surface area contributed by atoms with Gasteiger partial charge in [0.2, 0.25) is 10.0 Å². The van der Waals surface area contributed by atoms with E-state index < -0.39 is 21.7 Å². The van der Waals surface area contributed by atoms with Gasteiger partial charge in [0.1, 0.15) is 5.82 Å². The number of anilines is 1. The lowest BCUT2D eigenvalue weighted by Crippen LogP contribution is -2.33. The van der Waals surface area contributed by atoms with Crippen molar-refractivity contribution in [2.24, 2.45) is 0 Å². The van der Waals surface area contributed by atoms with Crippen LogP contribution in [0.1, 0.15) is 21.5 Å². The molecule has 0 heterocycles. The normalized spacial score (nSPS) is 11.1. The maximum absolute atomic E-state index is 14.4. The number of benzene rings is 3. The molecule has 0 aliphatic carbocycles. The van der Waals surface area contributed by atoms with Crippen molar-refractivity contribution < 1.29 is 27.1 Å². The smallest absolute Gasteiger partial charge is 0.253 e. The van der Waals surface area contributed by atoms with Crippen molar-refractivity contribution in [2.75, 3.05) is 31.3 Å². The van der Waals surface area contributed by atoms with E-state index in [2.05, 4.69) is 5.32 Å². The molecule has 0 saturated carbocycles. The summed E-state index contributed by atoms with van der Waals surface area (Å²) in [7, 11) is -1.08. The third kappa shape index (κ3) is 6.05. The fraction of sp³-hybridized carbons (Fsp3) is 0.240. The van der Waals surface area contributed by atoms with E-state index in [4.69, 9.17) is 9.47 Å². The molecular formula is C25H27FN2O5S. The number of ether oxygens (including phenoxy) is 2. The van der Waals surface area contributed by atoms with E-state index in [0.29, 0.717) is 13.0 Å². The largest absolute Gasteiger partial charge is 0.493 e. The molecule has 34 heavy (non-hydrogen) atoms. The number of sulfonamides is 1. The van der Waals surface area contributed by atoms with Crippen LogP contribution in [0.5, 0.6) is 11.5 Å². The van der Waals surface area contributed by atoms with Crippen molar-refractivity contribution in [1.82, 2.24) is 5.32 Å². The van der Waals surface area contributed by atoms with Gasteiger partial charge in [0.05, 0.1) is 38.3 Å². The lowest BCUT2D eigenvalue weighted by Gasteiger charge is -2.26. The Bertz CT molecular complexity index is 1250. The van der Waals surface area contributed by atoms with Crippen LogP contribution in [-0.2, 0) is 23.0 Å². The zero-order chi connectivity index (χ0) is 24.7. The Balaban J connectivity index is 2.00. The average Bonchev–Trinajstić information content (AvgIpc) is 2.82. The van der Waals surface area contributed by atoms with Crippen molar-refractivity contribution in [1.29, 1.82) is 0 Å². The molecule has 0 atom stereocenters. The molecule has 0 radical (unpaired) electrons. The second kappa shape index (κ2) is 11.0. The fourth-order valence-corrected chi connectivity index (χ4v) is 4.36. The van der Waals surface area contributed by atoms with Crippen LogP contribution in [0, 0.1) is 5.82 Å². The Labute approximate surface area is 199 Å². The molecule has 0 unspecified atom stereocenters. The summed E-state index contributed by atoms with van der Waals surface area (Å²) in [6, 6.07) is 18.4. The third-order valence-corrected chi connectivity index (χ3v) is 6.36. The Morgan fingerprint density at radius 3 is 2.21 bits per heavy atom. The van der Waals surface area contributed by atoms with Crippen LogP contribution in [0.2, 0.25) is 0 Å². The highest BCUT2D eigenvalue weighted by molar-refractivity contribution is 7.92. The van der Waals surface area contributed by atoms with Gasteiger partial charge >= 0.3 is 0 Å². The molecule has 1 amide bonds. The van der Waals surface area contributed by atoms with Gasteiger partial charge in [-0.3, -0.25) is 9.10 Å². The number of halogens is 1. The summed E-state index contributed by atoms with van der Waals surface area (Å²) in [5.74, 6) is -0.543. The van der Waals surface area contributed by atoms with Crippen LogP contribution in [0.4, 0.5) is 10.1 Å². The molecule has 0 aromatic heterocycles. The van der Waals surface area contributed by atoms with Crippen molar-refractivity contribution in [3.63, 3.8) is 0 Å². The van der Waals surface area contributed by atoms with E-state index in [1.807, 2.05) is 30.3 Å². The second-order valence-corrected chi connectivity index (χ2v) is 9.48. The summed E-state index contributed by atoms with van der Waals surface area (Å²) in [6.07, 6.45) is 1.60. The Morgan fingerprint density at radius 1 is 0.971 bits per heavy atom. The van der Waals surface area contributed by atoms with Gasteiger partial charge in [0.25, 0.3) is 5.91 Å². The molecule has 0 fully saturated rings. The second-order valence-electron chi connectivity index (χ2n) is 7.58. The molecule has 0 bridgehead atoms. The topological polar surface area (TPSA) is 84.9 Å². The quantitative estimate of drug-likeness (QED) is 0.472. The monoisotopic (exact) mass is 486 g/mol. The van der Waals surface area contributed by atoms with Crippen LogP contribution >= 0.6 is 0 Å². The number of methoxy groups -OCH3 is 2. The van der Waals surface area contributed by atoms with E-state index in [9.17, 15) is 17.6 Å². The van der Waals surface area contributed by atoms with E-state index in [1.165, 1.54) is 44.6 Å². The molecule has 3 rings (SSSR count). The van der Waals surface area contributed by atoms with E-state index >= 15 is 0 Å². The summed E-state index contributed by atoms with van der Waals surface area (Å²) < 4.78 is 51.6. The third-order valence-electron chi connectivity index (χ3n) is 5.23. The Hall–Kier alpha value is -3.59. The van der Waals surface area contributed by atoms with Crippen LogP contribution in [-0.4, -0.2) is 41.3 Å².